The Morgan fingerprint density at radius 3 is 2.31 bits per heavy atom. The second-order valence-electron chi connectivity index (χ2n) is 2.74. The molecule has 0 aliphatic heterocycles. The topological polar surface area (TPSA) is 69.1 Å². The number of benzene rings is 1. The zero-order chi connectivity index (χ0) is 9.84. The lowest BCUT2D eigenvalue weighted by atomic mass is 9.99. The maximum Gasteiger partial charge on any atom is 0.226 e. The number of hydrogen-bond acceptors (Lipinski definition) is 2. The van der Waals surface area contributed by atoms with Gasteiger partial charge in [0, 0.05) is 11.6 Å². The summed E-state index contributed by atoms with van der Waals surface area (Å²) in [6, 6.07) is 6.93. The summed E-state index contributed by atoms with van der Waals surface area (Å²) in [5.41, 5.74) is 11.4. The van der Waals surface area contributed by atoms with Gasteiger partial charge in [-0.1, -0.05) is 23.7 Å². The van der Waals surface area contributed by atoms with E-state index in [0.717, 1.165) is 5.56 Å². The largest absolute Gasteiger partial charge is 0.369 e. The molecule has 70 valence electrons. The van der Waals surface area contributed by atoms with Crippen molar-refractivity contribution in [2.75, 3.05) is 6.54 Å². The predicted octanol–water partition coefficient (Wildman–Crippen LogP) is 0.868. The van der Waals surface area contributed by atoms with Crippen LogP contribution in [0.4, 0.5) is 0 Å². The fraction of sp³-hybridized carbons (Fsp3) is 0.222. The number of nitrogens with two attached hydrogens (primary N) is 2. The Morgan fingerprint density at radius 2 is 1.92 bits per heavy atom. The maximum absolute atomic E-state index is 10.9. The van der Waals surface area contributed by atoms with Crippen molar-refractivity contribution in [3.05, 3.63) is 34.9 Å². The van der Waals surface area contributed by atoms with E-state index in [4.69, 9.17) is 23.1 Å². The number of primary amides is 1. The lowest BCUT2D eigenvalue weighted by Crippen LogP contribution is -2.27. The highest BCUT2D eigenvalue weighted by Gasteiger charge is 2.14. The molecule has 3 nitrogen and oxygen atoms in total. The molecule has 1 amide bonds. The molecule has 1 aromatic rings. The van der Waals surface area contributed by atoms with Gasteiger partial charge in [0.05, 0.1) is 5.92 Å². The minimum atomic E-state index is -0.419. The Hall–Kier alpha value is -1.06. The van der Waals surface area contributed by atoms with Crippen molar-refractivity contribution in [2.24, 2.45) is 11.5 Å². The van der Waals surface area contributed by atoms with Crippen LogP contribution in [0.3, 0.4) is 0 Å². The van der Waals surface area contributed by atoms with Crippen molar-refractivity contribution in [2.45, 2.75) is 5.92 Å². The van der Waals surface area contributed by atoms with E-state index in [2.05, 4.69) is 0 Å². The molecule has 0 aliphatic carbocycles. The highest BCUT2D eigenvalue weighted by molar-refractivity contribution is 6.30. The van der Waals surface area contributed by atoms with Crippen LogP contribution in [0.5, 0.6) is 0 Å². The number of carbonyl (C=O) groups is 1. The molecule has 0 aromatic heterocycles. The molecule has 1 unspecified atom stereocenters. The zero-order valence-corrected chi connectivity index (χ0v) is 7.79. The molecule has 0 saturated heterocycles. The molecule has 0 spiro atoms. The number of amides is 1. The normalized spacial score (nSPS) is 12.5. The summed E-state index contributed by atoms with van der Waals surface area (Å²) in [4.78, 5) is 10.9. The minimum absolute atomic E-state index is 0.219. The van der Waals surface area contributed by atoms with Crippen LogP contribution in [-0.2, 0) is 4.79 Å². The van der Waals surface area contributed by atoms with E-state index in [0.29, 0.717) is 5.02 Å². The minimum Gasteiger partial charge on any atom is -0.369 e. The van der Waals surface area contributed by atoms with E-state index < -0.39 is 11.8 Å². The molecule has 0 heterocycles. The van der Waals surface area contributed by atoms with Crippen LogP contribution in [-0.4, -0.2) is 12.5 Å². The first-order chi connectivity index (χ1) is 6.15. The number of rotatable bonds is 3. The van der Waals surface area contributed by atoms with Gasteiger partial charge in [0.15, 0.2) is 0 Å². The Morgan fingerprint density at radius 1 is 1.38 bits per heavy atom. The standard InChI is InChI=1S/C9H11ClN2O/c10-7-3-1-6(2-4-7)8(5-11)9(12)13/h1-4,8H,5,11H2,(H2,12,13). The number of hydrogen-bond donors (Lipinski definition) is 2. The van der Waals surface area contributed by atoms with Crippen LogP contribution in [0.25, 0.3) is 0 Å². The fourth-order valence-electron chi connectivity index (χ4n) is 1.11. The second-order valence-corrected chi connectivity index (χ2v) is 3.18. The van der Waals surface area contributed by atoms with Gasteiger partial charge in [-0.15, -0.1) is 0 Å². The van der Waals surface area contributed by atoms with E-state index >= 15 is 0 Å². The SMILES string of the molecule is NCC(C(N)=O)c1ccc(Cl)cc1. The van der Waals surface area contributed by atoms with E-state index in [1.54, 1.807) is 24.3 Å². The van der Waals surface area contributed by atoms with Crippen LogP contribution in [0.2, 0.25) is 5.02 Å². The first-order valence-electron chi connectivity index (χ1n) is 3.90. The molecule has 0 saturated carbocycles. The Bertz CT molecular complexity index is 297. The Kier molecular flexibility index (Phi) is 3.28. The maximum atomic E-state index is 10.9. The van der Waals surface area contributed by atoms with Crippen LogP contribution >= 0.6 is 11.6 Å². The van der Waals surface area contributed by atoms with Crippen molar-refractivity contribution in [3.63, 3.8) is 0 Å². The Labute approximate surface area is 81.7 Å². The lowest BCUT2D eigenvalue weighted by Gasteiger charge is -2.10. The monoisotopic (exact) mass is 198 g/mol. The van der Waals surface area contributed by atoms with Gasteiger partial charge >= 0.3 is 0 Å². The number of halogens is 1. The molecule has 1 atom stereocenters. The third-order valence-electron chi connectivity index (χ3n) is 1.85. The summed E-state index contributed by atoms with van der Waals surface area (Å²) < 4.78 is 0. The van der Waals surface area contributed by atoms with Gasteiger partial charge in [-0.3, -0.25) is 4.79 Å². The summed E-state index contributed by atoms with van der Waals surface area (Å²) in [6.07, 6.45) is 0. The fourth-order valence-corrected chi connectivity index (χ4v) is 1.24. The van der Waals surface area contributed by atoms with Gasteiger partial charge in [-0.25, -0.2) is 0 Å². The number of carbonyl (C=O) groups excluding carboxylic acids is 1. The molecule has 0 aliphatic rings. The molecule has 4 heteroatoms. The van der Waals surface area contributed by atoms with Crippen molar-refractivity contribution < 1.29 is 4.79 Å². The molecule has 0 radical (unpaired) electrons. The van der Waals surface area contributed by atoms with E-state index in [9.17, 15) is 4.79 Å². The van der Waals surface area contributed by atoms with Crippen molar-refractivity contribution >= 4 is 17.5 Å². The van der Waals surface area contributed by atoms with Crippen LogP contribution in [0.1, 0.15) is 11.5 Å². The quantitative estimate of drug-likeness (QED) is 0.757. The van der Waals surface area contributed by atoms with E-state index in [1.165, 1.54) is 0 Å². The molecule has 0 fully saturated rings. The molecule has 0 bridgehead atoms. The van der Waals surface area contributed by atoms with Gasteiger partial charge in [0.25, 0.3) is 0 Å². The molecular weight excluding hydrogens is 188 g/mol. The first kappa shape index (κ1) is 10.0. The van der Waals surface area contributed by atoms with Gasteiger partial charge in [-0.2, -0.15) is 0 Å². The van der Waals surface area contributed by atoms with Crippen molar-refractivity contribution in [1.29, 1.82) is 0 Å². The highest BCUT2D eigenvalue weighted by Crippen LogP contribution is 2.17. The molecular formula is C9H11ClN2O. The zero-order valence-electron chi connectivity index (χ0n) is 7.03. The van der Waals surface area contributed by atoms with Crippen LogP contribution < -0.4 is 11.5 Å². The molecule has 1 aromatic carbocycles. The third-order valence-corrected chi connectivity index (χ3v) is 2.10. The average Bonchev–Trinajstić information content (AvgIpc) is 2.09. The summed E-state index contributed by atoms with van der Waals surface area (Å²) in [5.74, 6) is -0.831. The first-order valence-corrected chi connectivity index (χ1v) is 4.27. The third kappa shape index (κ3) is 2.44. The van der Waals surface area contributed by atoms with E-state index in [1.807, 2.05) is 0 Å². The summed E-state index contributed by atoms with van der Waals surface area (Å²) in [6.45, 7) is 0.219. The Balaban J connectivity index is 2.92. The predicted molar refractivity (Wildman–Crippen MR) is 52.4 cm³/mol. The van der Waals surface area contributed by atoms with Crippen molar-refractivity contribution in [1.82, 2.24) is 0 Å². The van der Waals surface area contributed by atoms with Crippen molar-refractivity contribution in [3.8, 4) is 0 Å². The molecule has 4 N–H and O–H groups in total. The van der Waals surface area contributed by atoms with Crippen LogP contribution in [0.15, 0.2) is 24.3 Å². The smallest absolute Gasteiger partial charge is 0.226 e. The molecule has 13 heavy (non-hydrogen) atoms. The highest BCUT2D eigenvalue weighted by atomic mass is 35.5. The van der Waals surface area contributed by atoms with Crippen LogP contribution in [0, 0.1) is 0 Å². The lowest BCUT2D eigenvalue weighted by molar-refractivity contribution is -0.119. The van der Waals surface area contributed by atoms with E-state index in [-0.39, 0.29) is 6.54 Å². The summed E-state index contributed by atoms with van der Waals surface area (Å²) >= 11 is 5.69. The van der Waals surface area contributed by atoms with Gasteiger partial charge < -0.3 is 11.5 Å². The average molecular weight is 199 g/mol. The second kappa shape index (κ2) is 4.25. The summed E-state index contributed by atoms with van der Waals surface area (Å²) in [5, 5.41) is 0.629. The van der Waals surface area contributed by atoms with Gasteiger partial charge in [-0.05, 0) is 17.7 Å². The van der Waals surface area contributed by atoms with Gasteiger partial charge in [0.1, 0.15) is 0 Å². The molecule has 1 rings (SSSR count). The van der Waals surface area contributed by atoms with Gasteiger partial charge in [0.2, 0.25) is 5.91 Å². The summed E-state index contributed by atoms with van der Waals surface area (Å²) in [7, 11) is 0.